The molecular formula is C17H18Cl2O3. The summed E-state index contributed by atoms with van der Waals surface area (Å²) in [5, 5.41) is 0. The van der Waals surface area contributed by atoms with Crippen LogP contribution in [0.3, 0.4) is 0 Å². The molecule has 0 aromatic rings. The number of Topliss-reactive ketones (excluding diaryl/α,β-unsaturated/α-hetero) is 1. The van der Waals surface area contributed by atoms with Crippen LogP contribution in [-0.4, -0.2) is 17.9 Å². The van der Waals surface area contributed by atoms with Gasteiger partial charge in [-0.05, 0) is 29.9 Å². The maximum Gasteiger partial charge on any atom is 0.310 e. The minimum atomic E-state index is -0.504. The number of halogens is 2. The van der Waals surface area contributed by atoms with Crippen LogP contribution in [-0.2, 0) is 14.3 Å². The molecule has 22 heavy (non-hydrogen) atoms. The first-order chi connectivity index (χ1) is 10.2. The highest BCUT2D eigenvalue weighted by atomic mass is 35.5. The van der Waals surface area contributed by atoms with Gasteiger partial charge in [-0.15, -0.1) is 12.3 Å². The standard InChI is InChI=1S/C17H18Cl2O3/c1-5-6-10-9(2)13(8-12(10)20)22-16(21)15-11(7-14(18)19)17(15,3)4/h1,7,11,13,15H,6,8H2,2-4H3/t11-,13?,15+/m1/s1. The van der Waals surface area contributed by atoms with Crippen molar-refractivity contribution in [2.75, 3.05) is 0 Å². The smallest absolute Gasteiger partial charge is 0.310 e. The maximum absolute atomic E-state index is 12.4. The van der Waals surface area contributed by atoms with Crippen molar-refractivity contribution < 1.29 is 14.3 Å². The van der Waals surface area contributed by atoms with Crippen molar-refractivity contribution in [1.82, 2.24) is 0 Å². The minimum Gasteiger partial charge on any atom is -0.457 e. The fourth-order valence-corrected chi connectivity index (χ4v) is 3.39. The molecule has 0 heterocycles. The van der Waals surface area contributed by atoms with Crippen LogP contribution in [0.2, 0.25) is 0 Å². The number of hydrogen-bond acceptors (Lipinski definition) is 3. The van der Waals surface area contributed by atoms with E-state index < -0.39 is 6.10 Å². The van der Waals surface area contributed by atoms with E-state index in [1.165, 1.54) is 0 Å². The van der Waals surface area contributed by atoms with Gasteiger partial charge in [-0.2, -0.15) is 0 Å². The van der Waals surface area contributed by atoms with E-state index in [2.05, 4.69) is 5.92 Å². The van der Waals surface area contributed by atoms with Gasteiger partial charge in [-0.3, -0.25) is 9.59 Å². The molecule has 1 fully saturated rings. The lowest BCUT2D eigenvalue weighted by Crippen LogP contribution is -2.20. The Bertz CT molecular complexity index is 618. The van der Waals surface area contributed by atoms with Gasteiger partial charge < -0.3 is 4.74 Å². The molecule has 0 amide bonds. The van der Waals surface area contributed by atoms with Gasteiger partial charge in [0, 0.05) is 12.0 Å². The van der Waals surface area contributed by atoms with Crippen molar-refractivity contribution in [3.8, 4) is 12.3 Å². The number of ether oxygens (including phenoxy) is 1. The molecule has 2 aliphatic rings. The first-order valence-corrected chi connectivity index (χ1v) is 7.85. The van der Waals surface area contributed by atoms with Crippen molar-refractivity contribution in [3.63, 3.8) is 0 Å². The Morgan fingerprint density at radius 2 is 2.14 bits per heavy atom. The van der Waals surface area contributed by atoms with E-state index in [0.29, 0.717) is 5.57 Å². The highest BCUT2D eigenvalue weighted by Gasteiger charge is 2.62. The lowest BCUT2D eigenvalue weighted by atomic mass is 10.1. The minimum absolute atomic E-state index is 0.0384. The molecule has 0 spiro atoms. The van der Waals surface area contributed by atoms with Crippen LogP contribution >= 0.6 is 23.2 Å². The Kier molecular flexibility index (Phi) is 4.75. The van der Waals surface area contributed by atoms with Crippen LogP contribution in [0.4, 0.5) is 0 Å². The van der Waals surface area contributed by atoms with E-state index in [1.54, 1.807) is 13.0 Å². The molecule has 1 unspecified atom stereocenters. The highest BCUT2D eigenvalue weighted by Crippen LogP contribution is 2.60. The number of hydrogen-bond donors (Lipinski definition) is 0. The van der Waals surface area contributed by atoms with Crippen molar-refractivity contribution in [2.45, 2.75) is 39.7 Å². The third-order valence-electron chi connectivity index (χ3n) is 4.67. The SMILES string of the molecule is C#CCC1=C(C)C(OC(=O)[C@@H]2[C@@H](C=C(Cl)Cl)C2(C)C)CC1=O. The number of carbonyl (C=O) groups is 2. The molecule has 0 aromatic heterocycles. The Morgan fingerprint density at radius 1 is 1.50 bits per heavy atom. The molecule has 0 aliphatic heterocycles. The van der Waals surface area contributed by atoms with Crippen molar-refractivity contribution in [3.05, 3.63) is 21.7 Å². The van der Waals surface area contributed by atoms with Crippen LogP contribution in [0, 0.1) is 29.6 Å². The van der Waals surface area contributed by atoms with E-state index in [1.807, 2.05) is 13.8 Å². The van der Waals surface area contributed by atoms with Gasteiger partial charge in [-0.25, -0.2) is 0 Å². The van der Waals surface area contributed by atoms with Gasteiger partial charge >= 0.3 is 5.97 Å². The van der Waals surface area contributed by atoms with Crippen LogP contribution in [0.1, 0.15) is 33.6 Å². The van der Waals surface area contributed by atoms with Gasteiger partial charge in [0.05, 0.1) is 12.3 Å². The molecule has 0 aromatic carbocycles. The predicted octanol–water partition coefficient (Wildman–Crippen LogP) is 3.80. The second kappa shape index (κ2) is 6.10. The quantitative estimate of drug-likeness (QED) is 0.577. The van der Waals surface area contributed by atoms with Crippen molar-refractivity contribution in [1.29, 1.82) is 0 Å². The van der Waals surface area contributed by atoms with Crippen molar-refractivity contribution >= 4 is 35.0 Å². The molecule has 1 saturated carbocycles. The zero-order chi connectivity index (χ0) is 16.7. The maximum atomic E-state index is 12.4. The number of carbonyl (C=O) groups excluding carboxylic acids is 2. The largest absolute Gasteiger partial charge is 0.457 e. The summed E-state index contributed by atoms with van der Waals surface area (Å²) in [6.07, 6.45) is 6.88. The average Bonchev–Trinajstić information content (AvgIpc) is 2.83. The van der Waals surface area contributed by atoms with Crippen LogP contribution < -0.4 is 0 Å². The average molecular weight is 341 g/mol. The first-order valence-electron chi connectivity index (χ1n) is 7.09. The fourth-order valence-electron chi connectivity index (χ4n) is 3.12. The summed E-state index contributed by atoms with van der Waals surface area (Å²) in [5.41, 5.74) is 1.11. The van der Waals surface area contributed by atoms with E-state index >= 15 is 0 Å². The Balaban J connectivity index is 2.07. The Morgan fingerprint density at radius 3 is 2.68 bits per heavy atom. The summed E-state index contributed by atoms with van der Waals surface area (Å²) in [5.74, 6) is 1.77. The predicted molar refractivity (Wildman–Crippen MR) is 86.2 cm³/mol. The molecular weight excluding hydrogens is 323 g/mol. The van der Waals surface area contributed by atoms with Gasteiger partial charge in [0.15, 0.2) is 5.78 Å². The fraction of sp³-hybridized carbons (Fsp3) is 0.529. The summed E-state index contributed by atoms with van der Waals surface area (Å²) in [7, 11) is 0. The summed E-state index contributed by atoms with van der Waals surface area (Å²) in [6, 6.07) is 0. The Labute approximate surface area is 140 Å². The topological polar surface area (TPSA) is 43.4 Å². The van der Waals surface area contributed by atoms with Crippen LogP contribution in [0.5, 0.6) is 0 Å². The van der Waals surface area contributed by atoms with Gasteiger partial charge in [0.25, 0.3) is 0 Å². The first kappa shape index (κ1) is 17.1. The molecule has 0 saturated heterocycles. The lowest BCUT2D eigenvalue weighted by molar-refractivity contribution is -0.150. The van der Waals surface area contributed by atoms with Crippen molar-refractivity contribution in [2.24, 2.45) is 17.3 Å². The third-order valence-corrected chi connectivity index (χ3v) is 4.93. The normalized spacial score (nSPS) is 29.1. The molecule has 118 valence electrons. The number of ketones is 1. The molecule has 3 nitrogen and oxygen atoms in total. The van der Waals surface area contributed by atoms with Gasteiger partial charge in [-0.1, -0.05) is 37.0 Å². The monoisotopic (exact) mass is 340 g/mol. The summed E-state index contributed by atoms with van der Waals surface area (Å²) in [6.45, 7) is 5.72. The molecule has 3 atom stereocenters. The number of terminal acetylenes is 1. The second-order valence-electron chi connectivity index (χ2n) is 6.38. The second-order valence-corrected chi connectivity index (χ2v) is 7.38. The third kappa shape index (κ3) is 3.09. The van der Waals surface area contributed by atoms with E-state index in [0.717, 1.165) is 5.57 Å². The number of allylic oxidation sites excluding steroid dienone is 2. The summed E-state index contributed by atoms with van der Waals surface area (Å²) < 4.78 is 5.69. The lowest BCUT2D eigenvalue weighted by Gasteiger charge is -2.13. The van der Waals surface area contributed by atoms with Crippen LogP contribution in [0.15, 0.2) is 21.7 Å². The van der Waals surface area contributed by atoms with Gasteiger partial charge in [0.2, 0.25) is 0 Å². The molecule has 2 rings (SSSR count). The van der Waals surface area contributed by atoms with Crippen LogP contribution in [0.25, 0.3) is 0 Å². The number of esters is 1. The molecule has 5 heteroatoms. The molecule has 0 radical (unpaired) electrons. The van der Waals surface area contributed by atoms with E-state index in [-0.39, 0.29) is 46.3 Å². The summed E-state index contributed by atoms with van der Waals surface area (Å²) >= 11 is 11.4. The Hall–Kier alpha value is -1.24. The molecule has 2 aliphatic carbocycles. The highest BCUT2D eigenvalue weighted by molar-refractivity contribution is 6.55. The van der Waals surface area contributed by atoms with E-state index in [9.17, 15) is 9.59 Å². The zero-order valence-corrected chi connectivity index (χ0v) is 14.3. The zero-order valence-electron chi connectivity index (χ0n) is 12.8. The summed E-state index contributed by atoms with van der Waals surface area (Å²) in [4.78, 5) is 24.3. The number of rotatable bonds is 4. The van der Waals surface area contributed by atoms with Gasteiger partial charge in [0.1, 0.15) is 10.6 Å². The molecule has 0 N–H and O–H groups in total. The van der Waals surface area contributed by atoms with E-state index in [4.69, 9.17) is 34.4 Å². The molecule has 0 bridgehead atoms.